The van der Waals surface area contributed by atoms with Crippen molar-refractivity contribution in [1.82, 2.24) is 5.32 Å². The van der Waals surface area contributed by atoms with Gasteiger partial charge in [0.2, 0.25) is 0 Å². The monoisotopic (exact) mass is 451 g/mol. The van der Waals surface area contributed by atoms with Gasteiger partial charge in [0.15, 0.2) is 0 Å². The van der Waals surface area contributed by atoms with Crippen LogP contribution in [0.3, 0.4) is 0 Å². The van der Waals surface area contributed by atoms with Crippen molar-refractivity contribution in [2.24, 2.45) is 0 Å². The normalized spacial score (nSPS) is 20.8. The molecule has 0 aliphatic carbocycles. The Morgan fingerprint density at radius 2 is 1.80 bits per heavy atom. The van der Waals surface area contributed by atoms with Crippen molar-refractivity contribution in [1.29, 1.82) is 0 Å². The van der Waals surface area contributed by atoms with Gasteiger partial charge in [-0.3, -0.25) is 0 Å². The zero-order chi connectivity index (χ0) is 17.1. The molecule has 0 spiro atoms. The molecule has 2 amide bonds. The summed E-state index contributed by atoms with van der Waals surface area (Å²) >= 11 is -1.52. The van der Waals surface area contributed by atoms with Crippen molar-refractivity contribution in [3.63, 3.8) is 0 Å². The Hall–Kier alpha value is -1.79. The molecule has 2 aromatic carbocycles. The van der Waals surface area contributed by atoms with Crippen LogP contribution in [0.4, 0.5) is 9.18 Å². The zero-order valence-electron chi connectivity index (χ0n) is 13.0. The van der Waals surface area contributed by atoms with E-state index < -0.39 is 21.4 Å². The van der Waals surface area contributed by atoms with E-state index in [0.29, 0.717) is 16.9 Å². The number of hydrogen-bond donors (Lipinski definition) is 1. The van der Waals surface area contributed by atoms with Crippen LogP contribution < -0.4 is 8.64 Å². The number of halogens is 1. The van der Waals surface area contributed by atoms with Crippen LogP contribution in [0.5, 0.6) is 0 Å². The molecule has 3 nitrogen and oxygen atoms in total. The second-order valence-corrected chi connectivity index (χ2v) is 15.1. The molecule has 1 saturated heterocycles. The zero-order valence-corrected chi connectivity index (χ0v) is 17.1. The van der Waals surface area contributed by atoms with Gasteiger partial charge in [-0.2, -0.15) is 0 Å². The summed E-state index contributed by atoms with van der Waals surface area (Å²) < 4.78 is 17.9. The second kappa shape index (κ2) is 5.61. The third kappa shape index (κ3) is 2.20. The molecule has 0 radical (unpaired) electrons. The number of allylic oxidation sites excluding steroid dienone is 3. The maximum absolute atomic E-state index is 14.1. The van der Waals surface area contributed by atoms with Gasteiger partial charge in [0.25, 0.3) is 0 Å². The van der Waals surface area contributed by atoms with Crippen molar-refractivity contribution < 1.29 is 14.0 Å². The molecule has 6 rings (SSSR count). The van der Waals surface area contributed by atoms with Crippen molar-refractivity contribution in [3.8, 4) is 0 Å². The van der Waals surface area contributed by atoms with E-state index >= 15 is 0 Å². The number of imide groups is 1. The summed E-state index contributed by atoms with van der Waals surface area (Å²) in [5, 5.41) is 2.06. The average Bonchev–Trinajstić information content (AvgIpc) is 3.21. The molecule has 1 fully saturated rings. The first kappa shape index (κ1) is 15.5. The molecule has 0 unspecified atom stereocenters. The topological polar surface area (TPSA) is 46.2 Å². The van der Waals surface area contributed by atoms with E-state index in [1.54, 1.807) is 6.07 Å². The molecule has 0 aromatic heterocycles. The second-order valence-electron chi connectivity index (χ2n) is 6.28. The summed E-state index contributed by atoms with van der Waals surface area (Å²) in [4.78, 5) is 24.3. The van der Waals surface area contributed by atoms with Gasteiger partial charge in [0, 0.05) is 0 Å². The van der Waals surface area contributed by atoms with Gasteiger partial charge < -0.3 is 0 Å². The Labute approximate surface area is 155 Å². The van der Waals surface area contributed by atoms with Gasteiger partial charge in [-0.1, -0.05) is 0 Å². The Bertz CT molecular complexity index is 1040. The molecule has 4 heterocycles. The van der Waals surface area contributed by atoms with Crippen LogP contribution in [0.25, 0.3) is 5.57 Å². The first-order chi connectivity index (χ1) is 12.1. The molecular formula is C19H11FInNO2S. The molecule has 1 N–H and O–H groups in total. The van der Waals surface area contributed by atoms with Gasteiger partial charge >= 0.3 is 156 Å². The molecule has 2 bridgehead atoms. The van der Waals surface area contributed by atoms with E-state index in [-0.39, 0.29) is 17.0 Å². The van der Waals surface area contributed by atoms with Gasteiger partial charge in [-0.25, -0.2) is 0 Å². The molecule has 120 valence electrons. The van der Waals surface area contributed by atoms with E-state index in [9.17, 15) is 14.0 Å². The third-order valence-electron chi connectivity index (χ3n) is 4.97. The van der Waals surface area contributed by atoms with E-state index in [1.807, 2.05) is 24.3 Å². The molecule has 0 atom stereocenters. The first-order valence-electron chi connectivity index (χ1n) is 7.98. The predicted molar refractivity (Wildman–Crippen MR) is 97.0 cm³/mol. The van der Waals surface area contributed by atoms with Crippen LogP contribution >= 0.6 is 11.8 Å². The summed E-state index contributed by atoms with van der Waals surface area (Å²) in [6.07, 6.45) is 0.606. The van der Waals surface area contributed by atoms with Crippen molar-refractivity contribution >= 4 is 53.2 Å². The number of benzene rings is 2. The van der Waals surface area contributed by atoms with Gasteiger partial charge in [-0.05, 0) is 0 Å². The van der Waals surface area contributed by atoms with Gasteiger partial charge in [-0.15, -0.1) is 0 Å². The average molecular weight is 451 g/mol. The van der Waals surface area contributed by atoms with E-state index in [2.05, 4.69) is 17.4 Å². The van der Waals surface area contributed by atoms with E-state index in [1.165, 1.54) is 18.3 Å². The molecular weight excluding hydrogens is 440 g/mol. The molecule has 2 aromatic rings. The molecule has 25 heavy (non-hydrogen) atoms. The number of carbonyl (C=O) groups excluding carboxylic acids is 2. The molecule has 6 heteroatoms. The van der Waals surface area contributed by atoms with Crippen molar-refractivity contribution in [2.45, 2.75) is 6.42 Å². The SMILES string of the molecule is O=C1NC(=O)/C(=[C]2\C3=[C](Cc4ccccc4F)[In]2[c]2ccccc23)S1. The Morgan fingerprint density at radius 1 is 1.04 bits per heavy atom. The minimum atomic E-state index is -2.53. The van der Waals surface area contributed by atoms with Crippen molar-refractivity contribution in [3.05, 3.63) is 77.0 Å². The number of carbonyl (C=O) groups is 2. The first-order valence-corrected chi connectivity index (χ1v) is 13.7. The molecule has 0 saturated carbocycles. The standard InChI is InChI=1S/C19H11FNO2S.In/c20-16-9-5-4-8-14(16)10-11-15(13-6-2-1-3-7-13)12-17-18(22)21-19(23)24-17;/h1-6,8-9H,10H2,(H,21,22,23);. The fourth-order valence-electron chi connectivity index (χ4n) is 3.97. The summed E-state index contributed by atoms with van der Waals surface area (Å²) in [6, 6.07) is 15.1. The van der Waals surface area contributed by atoms with Crippen LogP contribution in [-0.2, 0) is 11.2 Å². The maximum atomic E-state index is 14.1. The Balaban J connectivity index is 1.65. The number of amides is 2. The molecule has 4 aliphatic rings. The van der Waals surface area contributed by atoms with Crippen molar-refractivity contribution in [2.75, 3.05) is 0 Å². The molecule has 4 aliphatic heterocycles. The summed E-state index contributed by atoms with van der Waals surface area (Å²) in [5.74, 6) is -0.462. The van der Waals surface area contributed by atoms with Crippen LogP contribution in [0, 0.1) is 5.82 Å². The fraction of sp³-hybridized carbons (Fsp3) is 0.0526. The number of nitrogens with one attached hydrogen (secondary N) is 1. The van der Waals surface area contributed by atoms with Crippen LogP contribution in [0.15, 0.2) is 60.1 Å². The Kier molecular flexibility index (Phi) is 3.47. The number of thioether (sulfide) groups is 1. The van der Waals surface area contributed by atoms with Gasteiger partial charge in [0.1, 0.15) is 0 Å². The van der Waals surface area contributed by atoms with Gasteiger partial charge in [0.05, 0.1) is 0 Å². The van der Waals surface area contributed by atoms with Crippen LogP contribution in [0.2, 0.25) is 0 Å². The van der Waals surface area contributed by atoms with E-state index in [0.717, 1.165) is 20.7 Å². The third-order valence-corrected chi connectivity index (χ3v) is 16.4. The fourth-order valence-corrected chi connectivity index (χ4v) is 16.5. The summed E-state index contributed by atoms with van der Waals surface area (Å²) in [6.45, 7) is 0. The van der Waals surface area contributed by atoms with E-state index in [4.69, 9.17) is 0 Å². The summed E-state index contributed by atoms with van der Waals surface area (Å²) in [7, 11) is 0. The van der Waals surface area contributed by atoms with Crippen LogP contribution in [0.1, 0.15) is 11.1 Å². The number of hydrogen-bond acceptors (Lipinski definition) is 3. The Morgan fingerprint density at radius 3 is 2.52 bits per heavy atom. The number of rotatable bonds is 2. The predicted octanol–water partition coefficient (Wildman–Crippen LogP) is 2.87. The quantitative estimate of drug-likeness (QED) is 0.715. The minimum absolute atomic E-state index is 0.186. The van der Waals surface area contributed by atoms with Crippen LogP contribution in [-0.4, -0.2) is 32.6 Å². The summed E-state index contributed by atoms with van der Waals surface area (Å²) in [5.41, 5.74) is 2.99.